The second kappa shape index (κ2) is 3.30. The van der Waals surface area contributed by atoms with Crippen LogP contribution in [0.1, 0.15) is 50.3 Å². The van der Waals surface area contributed by atoms with Crippen LogP contribution in [-0.2, 0) is 5.41 Å². The topological polar surface area (TPSA) is 51.0 Å². The van der Waals surface area contributed by atoms with Crippen molar-refractivity contribution in [3.63, 3.8) is 0 Å². The Morgan fingerprint density at radius 1 is 1.27 bits per heavy atom. The minimum atomic E-state index is 0.207. The Labute approximate surface area is 89.5 Å². The molecule has 1 aliphatic heterocycles. The lowest BCUT2D eigenvalue weighted by Crippen LogP contribution is -2.26. The summed E-state index contributed by atoms with van der Waals surface area (Å²) in [6, 6.07) is 0. The van der Waals surface area contributed by atoms with Crippen LogP contribution in [0.15, 0.2) is 4.42 Å². The highest BCUT2D eigenvalue weighted by atomic mass is 16.4. The fourth-order valence-electron chi connectivity index (χ4n) is 2.11. The fourth-order valence-corrected chi connectivity index (χ4v) is 2.11. The molecular formula is C11H17N3O. The van der Waals surface area contributed by atoms with E-state index in [9.17, 15) is 0 Å². The molecular weight excluding hydrogens is 190 g/mol. The molecule has 0 spiro atoms. The highest BCUT2D eigenvalue weighted by Gasteiger charge is 2.44. The summed E-state index contributed by atoms with van der Waals surface area (Å²) in [6.45, 7) is 4.34. The first-order valence-electron chi connectivity index (χ1n) is 5.82. The molecule has 0 amide bonds. The number of hydrogen-bond donors (Lipinski definition) is 1. The van der Waals surface area contributed by atoms with Crippen molar-refractivity contribution in [3.05, 3.63) is 11.8 Å². The molecule has 1 saturated heterocycles. The first-order chi connectivity index (χ1) is 7.28. The first-order valence-corrected chi connectivity index (χ1v) is 5.82. The highest BCUT2D eigenvalue weighted by Crippen LogP contribution is 2.47. The molecule has 2 heterocycles. The largest absolute Gasteiger partial charge is 0.424 e. The molecule has 1 aliphatic carbocycles. The van der Waals surface area contributed by atoms with Crippen molar-refractivity contribution in [3.8, 4) is 0 Å². The molecule has 1 saturated carbocycles. The van der Waals surface area contributed by atoms with Crippen molar-refractivity contribution >= 4 is 0 Å². The van der Waals surface area contributed by atoms with Gasteiger partial charge in [0.15, 0.2) is 0 Å². The molecule has 1 N–H and O–H groups in total. The van der Waals surface area contributed by atoms with Crippen LogP contribution in [0.5, 0.6) is 0 Å². The second-order valence-corrected chi connectivity index (χ2v) is 5.03. The van der Waals surface area contributed by atoms with Crippen LogP contribution < -0.4 is 5.32 Å². The fraction of sp³-hybridized carbons (Fsp3) is 0.818. The molecule has 1 aromatic heterocycles. The summed E-state index contributed by atoms with van der Waals surface area (Å²) >= 11 is 0. The predicted molar refractivity (Wildman–Crippen MR) is 55.7 cm³/mol. The van der Waals surface area contributed by atoms with Crippen LogP contribution in [0.2, 0.25) is 0 Å². The number of nitrogens with zero attached hydrogens (tertiary/aromatic N) is 2. The average molecular weight is 207 g/mol. The van der Waals surface area contributed by atoms with Crippen molar-refractivity contribution in [1.29, 1.82) is 0 Å². The number of piperidine rings is 1. The lowest BCUT2D eigenvalue weighted by molar-refractivity contribution is 0.348. The first kappa shape index (κ1) is 9.33. The van der Waals surface area contributed by atoms with E-state index in [0.29, 0.717) is 5.92 Å². The maximum absolute atomic E-state index is 5.80. The van der Waals surface area contributed by atoms with Gasteiger partial charge in [0.1, 0.15) is 0 Å². The van der Waals surface area contributed by atoms with Gasteiger partial charge in [-0.25, -0.2) is 0 Å². The molecule has 0 bridgehead atoms. The van der Waals surface area contributed by atoms with E-state index in [4.69, 9.17) is 4.42 Å². The van der Waals surface area contributed by atoms with E-state index in [-0.39, 0.29) is 5.41 Å². The Morgan fingerprint density at radius 2 is 2.00 bits per heavy atom. The molecule has 2 aliphatic rings. The van der Waals surface area contributed by atoms with E-state index < -0.39 is 0 Å². The number of nitrogens with one attached hydrogen (secondary N) is 1. The summed E-state index contributed by atoms with van der Waals surface area (Å²) in [5, 5.41) is 11.7. The van der Waals surface area contributed by atoms with Crippen LogP contribution in [0.25, 0.3) is 0 Å². The molecule has 4 heteroatoms. The molecule has 82 valence electrons. The van der Waals surface area contributed by atoms with Gasteiger partial charge < -0.3 is 9.73 Å². The number of rotatable bonds is 2. The Morgan fingerprint density at radius 3 is 2.67 bits per heavy atom. The molecule has 3 rings (SSSR count). The van der Waals surface area contributed by atoms with Crippen LogP contribution in [0.3, 0.4) is 0 Å². The summed E-state index contributed by atoms with van der Waals surface area (Å²) in [4.78, 5) is 0. The van der Waals surface area contributed by atoms with Crippen molar-refractivity contribution in [2.45, 2.75) is 43.9 Å². The summed E-state index contributed by atoms with van der Waals surface area (Å²) in [7, 11) is 0. The lowest BCUT2D eigenvalue weighted by Gasteiger charge is -2.18. The Kier molecular flexibility index (Phi) is 2.06. The highest BCUT2D eigenvalue weighted by molar-refractivity contribution is 5.12. The van der Waals surface area contributed by atoms with Gasteiger partial charge >= 0.3 is 0 Å². The van der Waals surface area contributed by atoms with Gasteiger partial charge in [0.25, 0.3) is 0 Å². The zero-order valence-corrected chi connectivity index (χ0v) is 9.12. The van der Waals surface area contributed by atoms with Gasteiger partial charge in [0.05, 0.1) is 0 Å². The van der Waals surface area contributed by atoms with Crippen LogP contribution >= 0.6 is 0 Å². The summed E-state index contributed by atoms with van der Waals surface area (Å²) in [6.07, 6.45) is 4.64. The monoisotopic (exact) mass is 207 g/mol. The van der Waals surface area contributed by atoms with Crippen LogP contribution in [0, 0.1) is 0 Å². The third kappa shape index (κ3) is 1.67. The van der Waals surface area contributed by atoms with Crippen molar-refractivity contribution in [1.82, 2.24) is 15.5 Å². The van der Waals surface area contributed by atoms with Crippen molar-refractivity contribution in [2.75, 3.05) is 13.1 Å². The van der Waals surface area contributed by atoms with Gasteiger partial charge in [0.2, 0.25) is 11.8 Å². The Balaban J connectivity index is 1.77. The molecule has 0 unspecified atom stereocenters. The van der Waals surface area contributed by atoms with E-state index in [1.165, 1.54) is 12.8 Å². The molecule has 1 aromatic rings. The van der Waals surface area contributed by atoms with Crippen molar-refractivity contribution in [2.24, 2.45) is 0 Å². The standard InChI is InChI=1S/C11H17N3O/c1-11(4-5-11)10-14-13-9(15-10)8-2-6-12-7-3-8/h8,12H,2-7H2,1H3. The van der Waals surface area contributed by atoms with Crippen LogP contribution in [0.4, 0.5) is 0 Å². The SMILES string of the molecule is CC1(c2nnc(C3CCNCC3)o2)CC1. The normalized spacial score (nSPS) is 25.4. The second-order valence-electron chi connectivity index (χ2n) is 5.03. The minimum absolute atomic E-state index is 0.207. The van der Waals surface area contributed by atoms with E-state index >= 15 is 0 Å². The molecule has 0 atom stereocenters. The zero-order chi connectivity index (χ0) is 10.3. The predicted octanol–water partition coefficient (Wildman–Crippen LogP) is 1.59. The number of aromatic nitrogens is 2. The molecule has 15 heavy (non-hydrogen) atoms. The Hall–Kier alpha value is -0.900. The van der Waals surface area contributed by atoms with Gasteiger partial charge in [-0.2, -0.15) is 0 Å². The van der Waals surface area contributed by atoms with E-state index in [2.05, 4.69) is 22.4 Å². The quantitative estimate of drug-likeness (QED) is 0.800. The van der Waals surface area contributed by atoms with Gasteiger partial charge in [-0.3, -0.25) is 0 Å². The number of hydrogen-bond acceptors (Lipinski definition) is 4. The van der Waals surface area contributed by atoms with Gasteiger partial charge in [-0.15, -0.1) is 10.2 Å². The Bertz CT molecular complexity index is 350. The van der Waals surface area contributed by atoms with E-state index in [0.717, 1.165) is 37.7 Å². The van der Waals surface area contributed by atoms with E-state index in [1.54, 1.807) is 0 Å². The van der Waals surface area contributed by atoms with Gasteiger partial charge in [-0.05, 0) is 38.8 Å². The summed E-state index contributed by atoms with van der Waals surface area (Å²) < 4.78 is 5.80. The summed E-state index contributed by atoms with van der Waals surface area (Å²) in [5.41, 5.74) is 0.207. The molecule has 0 radical (unpaired) electrons. The smallest absolute Gasteiger partial charge is 0.222 e. The average Bonchev–Trinajstić information content (AvgIpc) is 2.85. The van der Waals surface area contributed by atoms with E-state index in [1.807, 2.05) is 0 Å². The molecule has 2 fully saturated rings. The molecule has 0 aromatic carbocycles. The third-order valence-corrected chi connectivity index (χ3v) is 3.65. The van der Waals surface area contributed by atoms with Crippen LogP contribution in [-0.4, -0.2) is 23.3 Å². The van der Waals surface area contributed by atoms with Crippen molar-refractivity contribution < 1.29 is 4.42 Å². The minimum Gasteiger partial charge on any atom is -0.424 e. The van der Waals surface area contributed by atoms with Gasteiger partial charge in [-0.1, -0.05) is 6.92 Å². The zero-order valence-electron chi connectivity index (χ0n) is 9.12. The summed E-state index contributed by atoms with van der Waals surface area (Å²) in [5.74, 6) is 2.20. The molecule has 4 nitrogen and oxygen atoms in total. The van der Waals surface area contributed by atoms with Gasteiger partial charge in [0, 0.05) is 11.3 Å². The maximum Gasteiger partial charge on any atom is 0.222 e. The maximum atomic E-state index is 5.80. The third-order valence-electron chi connectivity index (χ3n) is 3.65. The lowest BCUT2D eigenvalue weighted by atomic mass is 9.98.